The van der Waals surface area contributed by atoms with Crippen molar-refractivity contribution < 1.29 is 8.42 Å². The fraction of sp³-hybridized carbons (Fsp3) is 0.500. The van der Waals surface area contributed by atoms with Gasteiger partial charge in [0.05, 0.1) is 17.0 Å². The van der Waals surface area contributed by atoms with Crippen LogP contribution in [0.3, 0.4) is 0 Å². The van der Waals surface area contributed by atoms with Crippen LogP contribution in [-0.2, 0) is 36.4 Å². The normalized spacial score (nSPS) is 15.5. The van der Waals surface area contributed by atoms with Crippen LogP contribution in [0.4, 0.5) is 0 Å². The number of nitrogens with one attached hydrogen (secondary N) is 1. The molecule has 0 spiro atoms. The van der Waals surface area contributed by atoms with Crippen molar-refractivity contribution in [2.75, 3.05) is 12.8 Å². The molecule has 2 aromatic rings. The quantitative estimate of drug-likeness (QED) is 0.785. The van der Waals surface area contributed by atoms with E-state index in [9.17, 15) is 13.2 Å². The van der Waals surface area contributed by atoms with E-state index in [-0.39, 0.29) is 5.16 Å². The van der Waals surface area contributed by atoms with Crippen molar-refractivity contribution in [2.24, 2.45) is 7.05 Å². The molecule has 0 radical (unpaired) electrons. The molecule has 3 heterocycles. The first-order valence-electron chi connectivity index (χ1n) is 7.39. The van der Waals surface area contributed by atoms with Gasteiger partial charge >= 0.3 is 0 Å². The van der Waals surface area contributed by atoms with Gasteiger partial charge in [0.25, 0.3) is 5.56 Å². The van der Waals surface area contributed by atoms with Crippen molar-refractivity contribution in [3.63, 3.8) is 0 Å². The Bertz CT molecular complexity index is 964. The first kappa shape index (κ1) is 17.1. The van der Waals surface area contributed by atoms with Crippen LogP contribution in [0.1, 0.15) is 22.5 Å². The maximum atomic E-state index is 12.2. The third-order valence-corrected chi connectivity index (χ3v) is 5.50. The van der Waals surface area contributed by atoms with Crippen molar-refractivity contribution in [3.05, 3.63) is 38.0 Å². The zero-order valence-corrected chi connectivity index (χ0v) is 15.2. The summed E-state index contributed by atoms with van der Waals surface area (Å²) >= 11 is 6.26. The molecule has 3 rings (SSSR count). The molecule has 1 N–H and O–H groups in total. The van der Waals surface area contributed by atoms with Gasteiger partial charge in [-0.05, 0) is 6.92 Å². The van der Waals surface area contributed by atoms with Crippen LogP contribution in [0.15, 0.2) is 9.95 Å². The third-order valence-electron chi connectivity index (χ3n) is 4.13. The summed E-state index contributed by atoms with van der Waals surface area (Å²) in [5.74, 6) is 0. The zero-order valence-electron chi connectivity index (χ0n) is 13.6. The smallest absolute Gasteiger partial charge is 0.256 e. The van der Waals surface area contributed by atoms with Gasteiger partial charge in [-0.15, -0.1) is 0 Å². The molecule has 0 atom stereocenters. The first-order chi connectivity index (χ1) is 11.2. The lowest BCUT2D eigenvalue weighted by Crippen LogP contribution is -2.36. The van der Waals surface area contributed by atoms with Crippen LogP contribution < -0.4 is 5.56 Å². The van der Waals surface area contributed by atoms with Gasteiger partial charge in [0.2, 0.25) is 15.0 Å². The molecule has 0 fully saturated rings. The average molecular weight is 372 g/mol. The number of aromatic amines is 1. The fourth-order valence-electron chi connectivity index (χ4n) is 2.85. The van der Waals surface area contributed by atoms with Crippen LogP contribution >= 0.6 is 11.6 Å². The Morgan fingerprint density at radius 1 is 1.38 bits per heavy atom. The molecule has 1 aliphatic heterocycles. The van der Waals surface area contributed by atoms with E-state index in [4.69, 9.17) is 11.6 Å². The second kappa shape index (κ2) is 5.98. The second-order valence-corrected chi connectivity index (χ2v) is 8.30. The minimum atomic E-state index is -3.54. The molecular formula is C14H18ClN5O3S. The van der Waals surface area contributed by atoms with Gasteiger partial charge < -0.3 is 0 Å². The standard InChI is InChI=1S/C14H18ClN5O3S/c1-8-9(12(15)19(2)18-8)6-20-5-4-11-10(7-20)13(21)17-14(16-11)24(3,22)23/h4-7H2,1-3H3,(H,16,17,21). The maximum Gasteiger partial charge on any atom is 0.256 e. The molecule has 130 valence electrons. The topological polar surface area (TPSA) is 101 Å². The van der Waals surface area contributed by atoms with Gasteiger partial charge in [0.15, 0.2) is 0 Å². The van der Waals surface area contributed by atoms with E-state index in [0.29, 0.717) is 42.5 Å². The molecule has 0 aromatic carbocycles. The summed E-state index contributed by atoms with van der Waals surface area (Å²) in [6.45, 7) is 3.53. The van der Waals surface area contributed by atoms with E-state index in [1.54, 1.807) is 11.7 Å². The van der Waals surface area contributed by atoms with Crippen LogP contribution in [0, 0.1) is 6.92 Å². The number of hydrogen-bond donors (Lipinski definition) is 1. The van der Waals surface area contributed by atoms with Crippen LogP contribution in [-0.4, -0.2) is 45.9 Å². The Morgan fingerprint density at radius 2 is 2.08 bits per heavy atom. The summed E-state index contributed by atoms with van der Waals surface area (Å²) in [5.41, 5.74) is 2.43. The average Bonchev–Trinajstić information content (AvgIpc) is 2.73. The Labute approximate surface area is 144 Å². The lowest BCUT2D eigenvalue weighted by Gasteiger charge is -2.27. The summed E-state index contributed by atoms with van der Waals surface area (Å²) in [5, 5.41) is 4.60. The lowest BCUT2D eigenvalue weighted by molar-refractivity contribution is 0.240. The number of rotatable bonds is 3. The predicted molar refractivity (Wildman–Crippen MR) is 88.7 cm³/mol. The Morgan fingerprint density at radius 3 is 2.67 bits per heavy atom. The van der Waals surface area contributed by atoms with E-state index in [0.717, 1.165) is 17.5 Å². The van der Waals surface area contributed by atoms with E-state index >= 15 is 0 Å². The molecule has 0 saturated carbocycles. The molecule has 1 aliphatic rings. The molecule has 0 unspecified atom stereocenters. The molecule has 8 nitrogen and oxygen atoms in total. The molecule has 0 aliphatic carbocycles. The number of halogens is 1. The largest absolute Gasteiger partial charge is 0.297 e. The van der Waals surface area contributed by atoms with Gasteiger partial charge in [-0.2, -0.15) is 5.10 Å². The third kappa shape index (κ3) is 3.11. The number of aryl methyl sites for hydroxylation is 2. The highest BCUT2D eigenvalue weighted by Gasteiger charge is 2.25. The van der Waals surface area contributed by atoms with Gasteiger partial charge in [-0.25, -0.2) is 13.4 Å². The highest BCUT2D eigenvalue weighted by atomic mass is 35.5. The fourth-order valence-corrected chi connectivity index (χ4v) is 3.63. The number of nitrogens with zero attached hydrogens (tertiary/aromatic N) is 4. The molecule has 0 bridgehead atoms. The highest BCUT2D eigenvalue weighted by Crippen LogP contribution is 2.23. The van der Waals surface area contributed by atoms with E-state index in [1.165, 1.54) is 0 Å². The molecule has 0 saturated heterocycles. The number of fused-ring (bicyclic) bond motifs is 1. The van der Waals surface area contributed by atoms with E-state index in [1.807, 2.05) is 6.92 Å². The summed E-state index contributed by atoms with van der Waals surface area (Å²) in [7, 11) is -1.75. The Balaban J connectivity index is 1.89. The van der Waals surface area contributed by atoms with Crippen LogP contribution in [0.2, 0.25) is 5.15 Å². The van der Waals surface area contributed by atoms with E-state index in [2.05, 4.69) is 20.0 Å². The van der Waals surface area contributed by atoms with E-state index < -0.39 is 15.4 Å². The Hall–Kier alpha value is -1.71. The van der Waals surface area contributed by atoms with Gasteiger partial charge in [-0.1, -0.05) is 11.6 Å². The summed E-state index contributed by atoms with van der Waals surface area (Å²) in [6, 6.07) is 0. The lowest BCUT2D eigenvalue weighted by atomic mass is 10.1. The summed E-state index contributed by atoms with van der Waals surface area (Å²) in [6.07, 6.45) is 1.54. The maximum absolute atomic E-state index is 12.2. The first-order valence-corrected chi connectivity index (χ1v) is 9.66. The predicted octanol–water partition coefficient (Wildman–Crippen LogP) is 0.427. The summed E-state index contributed by atoms with van der Waals surface area (Å²) < 4.78 is 24.8. The van der Waals surface area contributed by atoms with Gasteiger partial charge in [0, 0.05) is 44.9 Å². The van der Waals surface area contributed by atoms with Gasteiger partial charge in [0.1, 0.15) is 5.15 Å². The van der Waals surface area contributed by atoms with Crippen molar-refractivity contribution in [1.29, 1.82) is 0 Å². The monoisotopic (exact) mass is 371 g/mol. The Kier molecular flexibility index (Phi) is 4.27. The minimum Gasteiger partial charge on any atom is -0.297 e. The SMILES string of the molecule is Cc1nn(C)c(Cl)c1CN1CCc2nc(S(C)(=O)=O)[nH]c(=O)c2C1. The van der Waals surface area contributed by atoms with Crippen molar-refractivity contribution in [2.45, 2.75) is 31.6 Å². The second-order valence-electron chi connectivity index (χ2n) is 6.01. The molecular weight excluding hydrogens is 354 g/mol. The number of H-pyrrole nitrogens is 1. The van der Waals surface area contributed by atoms with Gasteiger partial charge in [-0.3, -0.25) is 19.4 Å². The minimum absolute atomic E-state index is 0.272. The van der Waals surface area contributed by atoms with Crippen molar-refractivity contribution >= 4 is 21.4 Å². The van der Waals surface area contributed by atoms with Crippen molar-refractivity contribution in [1.82, 2.24) is 24.6 Å². The molecule has 24 heavy (non-hydrogen) atoms. The van der Waals surface area contributed by atoms with Crippen LogP contribution in [0.25, 0.3) is 0 Å². The molecule has 0 amide bonds. The number of hydrogen-bond acceptors (Lipinski definition) is 6. The summed E-state index contributed by atoms with van der Waals surface area (Å²) in [4.78, 5) is 20.8. The molecule has 2 aromatic heterocycles. The van der Waals surface area contributed by atoms with Crippen LogP contribution in [0.5, 0.6) is 0 Å². The number of aromatic nitrogens is 4. The highest BCUT2D eigenvalue weighted by molar-refractivity contribution is 7.90. The number of sulfone groups is 1. The van der Waals surface area contributed by atoms with Crippen molar-refractivity contribution in [3.8, 4) is 0 Å². The zero-order chi connectivity index (χ0) is 17.6. The molecule has 10 heteroatoms.